The van der Waals surface area contributed by atoms with Crippen molar-refractivity contribution in [3.63, 3.8) is 0 Å². The second kappa shape index (κ2) is 7.52. The van der Waals surface area contributed by atoms with Gasteiger partial charge in [-0.15, -0.1) is 10.2 Å². The molecule has 1 aliphatic rings. The van der Waals surface area contributed by atoms with E-state index in [0.717, 1.165) is 11.8 Å². The van der Waals surface area contributed by atoms with Gasteiger partial charge in [-0.25, -0.2) is 8.42 Å². The molecule has 4 rings (SSSR count). The largest absolute Gasteiger partial charge is 0.508 e. The minimum atomic E-state index is -3.41. The molecular weight excluding hydrogens is 434 g/mol. The van der Waals surface area contributed by atoms with Gasteiger partial charge in [0.25, 0.3) is 5.91 Å². The highest BCUT2D eigenvalue weighted by atomic mass is 32.2. The van der Waals surface area contributed by atoms with Gasteiger partial charge in [-0.3, -0.25) is 13.7 Å². The zero-order valence-electron chi connectivity index (χ0n) is 17.8. The number of carbonyl (C=O) groups is 1. The van der Waals surface area contributed by atoms with Gasteiger partial charge in [0.15, 0.2) is 5.82 Å². The third-order valence-corrected chi connectivity index (χ3v) is 6.65. The Balaban J connectivity index is 1.92. The summed E-state index contributed by atoms with van der Waals surface area (Å²) in [4.78, 5) is 12.1. The lowest BCUT2D eigenvalue weighted by Crippen LogP contribution is -2.27. The molecule has 11 heteroatoms. The molecule has 10 nitrogen and oxygen atoms in total. The maximum absolute atomic E-state index is 12.1. The van der Waals surface area contributed by atoms with Crippen LogP contribution in [-0.2, 0) is 16.4 Å². The first-order chi connectivity index (χ1) is 15.0. The van der Waals surface area contributed by atoms with Crippen molar-refractivity contribution in [3.8, 4) is 28.6 Å². The Bertz CT molecular complexity index is 1350. The van der Waals surface area contributed by atoms with Gasteiger partial charge >= 0.3 is 0 Å². The van der Waals surface area contributed by atoms with Gasteiger partial charge in [0.05, 0.1) is 17.5 Å². The number of fused-ring (bicyclic) bond motifs is 1. The molecule has 3 aromatic rings. The second-order valence-electron chi connectivity index (χ2n) is 8.03. The van der Waals surface area contributed by atoms with E-state index in [1.54, 1.807) is 24.3 Å². The molecule has 1 amide bonds. The molecule has 0 radical (unpaired) electrons. The average molecular weight is 458 g/mol. The van der Waals surface area contributed by atoms with Gasteiger partial charge < -0.3 is 15.9 Å². The summed E-state index contributed by atoms with van der Waals surface area (Å²) in [5.74, 6) is -1.12. The molecular formula is C21H23N5O5S. The number of nitrogens with zero attached hydrogens (tertiary/aromatic N) is 4. The van der Waals surface area contributed by atoms with Crippen LogP contribution in [0.2, 0.25) is 0 Å². The third-order valence-electron chi connectivity index (χ3n) is 5.47. The van der Waals surface area contributed by atoms with E-state index in [9.17, 15) is 23.4 Å². The van der Waals surface area contributed by atoms with E-state index in [-0.39, 0.29) is 34.6 Å². The summed E-state index contributed by atoms with van der Waals surface area (Å²) in [6.45, 7) is 4.11. The Hall–Kier alpha value is -3.60. The third kappa shape index (κ3) is 3.54. The highest BCUT2D eigenvalue weighted by Gasteiger charge is 2.28. The van der Waals surface area contributed by atoms with E-state index >= 15 is 0 Å². The van der Waals surface area contributed by atoms with Crippen LogP contribution < -0.4 is 10.0 Å². The molecule has 0 unspecified atom stereocenters. The monoisotopic (exact) mass is 457 g/mol. The van der Waals surface area contributed by atoms with Crippen LogP contribution >= 0.6 is 0 Å². The molecule has 0 saturated carbocycles. The van der Waals surface area contributed by atoms with Gasteiger partial charge in [0.2, 0.25) is 15.8 Å². The van der Waals surface area contributed by atoms with Crippen molar-refractivity contribution in [2.45, 2.75) is 26.2 Å². The van der Waals surface area contributed by atoms with Crippen molar-refractivity contribution < 1.29 is 23.4 Å². The Morgan fingerprint density at radius 1 is 1.12 bits per heavy atom. The number of phenolic OH excluding ortho intramolecular Hbond substituents is 2. The van der Waals surface area contributed by atoms with E-state index in [1.807, 2.05) is 13.8 Å². The topological polar surface area (TPSA) is 152 Å². The van der Waals surface area contributed by atoms with Crippen LogP contribution in [0.1, 0.15) is 41.5 Å². The quantitative estimate of drug-likeness (QED) is 0.529. The number of anilines is 1. The SMILES string of the molecule is CC(C)c1cc(-c2nnc(C(N)=O)n2-c2ccc3c(c2)CCN3S(C)(=O)=O)c(O)cc1O. The molecule has 4 N–H and O–H groups in total. The predicted molar refractivity (Wildman–Crippen MR) is 119 cm³/mol. The van der Waals surface area contributed by atoms with Crippen LogP contribution in [0.5, 0.6) is 11.5 Å². The van der Waals surface area contributed by atoms with Gasteiger partial charge in [0.1, 0.15) is 11.5 Å². The van der Waals surface area contributed by atoms with Crippen molar-refractivity contribution in [1.82, 2.24) is 14.8 Å². The van der Waals surface area contributed by atoms with E-state index in [0.29, 0.717) is 29.9 Å². The number of hydrogen-bond donors (Lipinski definition) is 3. The van der Waals surface area contributed by atoms with Crippen molar-refractivity contribution >= 4 is 21.6 Å². The normalized spacial score (nSPS) is 13.6. The lowest BCUT2D eigenvalue weighted by Gasteiger charge is -2.17. The number of benzene rings is 2. The van der Waals surface area contributed by atoms with Gasteiger partial charge in [-0.2, -0.15) is 0 Å². The minimum Gasteiger partial charge on any atom is -0.508 e. The highest BCUT2D eigenvalue weighted by Crippen LogP contribution is 2.39. The molecule has 0 spiro atoms. The fourth-order valence-electron chi connectivity index (χ4n) is 3.94. The van der Waals surface area contributed by atoms with Crippen LogP contribution in [0.3, 0.4) is 0 Å². The van der Waals surface area contributed by atoms with Crippen molar-refractivity contribution in [1.29, 1.82) is 0 Å². The van der Waals surface area contributed by atoms with Crippen LogP contribution in [0.15, 0.2) is 30.3 Å². The van der Waals surface area contributed by atoms with Crippen LogP contribution in [0, 0.1) is 0 Å². The summed E-state index contributed by atoms with van der Waals surface area (Å²) in [5, 5.41) is 28.7. The summed E-state index contributed by atoms with van der Waals surface area (Å²) in [5.41, 5.74) is 8.22. The smallest absolute Gasteiger partial charge is 0.287 e. The molecule has 2 aromatic carbocycles. The van der Waals surface area contributed by atoms with Gasteiger partial charge in [-0.1, -0.05) is 13.8 Å². The van der Waals surface area contributed by atoms with Crippen molar-refractivity contribution in [3.05, 3.63) is 47.3 Å². The number of amides is 1. The zero-order valence-corrected chi connectivity index (χ0v) is 18.6. The lowest BCUT2D eigenvalue weighted by atomic mass is 9.98. The number of hydrogen-bond acceptors (Lipinski definition) is 7. The first-order valence-electron chi connectivity index (χ1n) is 9.91. The number of phenols is 2. The number of rotatable bonds is 5. The molecule has 0 aliphatic carbocycles. The van der Waals surface area contributed by atoms with E-state index in [1.165, 1.54) is 14.9 Å². The highest BCUT2D eigenvalue weighted by molar-refractivity contribution is 7.92. The predicted octanol–water partition coefficient (Wildman–Crippen LogP) is 1.89. The molecule has 0 atom stereocenters. The summed E-state index contributed by atoms with van der Waals surface area (Å²) in [7, 11) is -3.41. The minimum absolute atomic E-state index is 0.0386. The Labute approximate surface area is 185 Å². The summed E-state index contributed by atoms with van der Waals surface area (Å²) in [6, 6.07) is 7.87. The number of primary amides is 1. The second-order valence-corrected chi connectivity index (χ2v) is 9.93. The molecule has 1 aromatic heterocycles. The number of nitrogens with two attached hydrogens (primary N) is 1. The van der Waals surface area contributed by atoms with Gasteiger partial charge in [-0.05, 0) is 47.7 Å². The Morgan fingerprint density at radius 2 is 1.84 bits per heavy atom. The molecule has 0 saturated heterocycles. The number of sulfonamides is 1. The molecule has 2 heterocycles. The molecule has 0 fully saturated rings. The number of aromatic nitrogens is 3. The van der Waals surface area contributed by atoms with Gasteiger partial charge in [0, 0.05) is 18.3 Å². The van der Waals surface area contributed by atoms with E-state index in [2.05, 4.69) is 10.2 Å². The van der Waals surface area contributed by atoms with Crippen molar-refractivity contribution in [2.24, 2.45) is 5.73 Å². The van der Waals surface area contributed by atoms with E-state index in [4.69, 9.17) is 5.73 Å². The average Bonchev–Trinajstić information content (AvgIpc) is 3.31. The Morgan fingerprint density at radius 3 is 2.47 bits per heavy atom. The number of aromatic hydroxyl groups is 2. The van der Waals surface area contributed by atoms with E-state index < -0.39 is 15.9 Å². The summed E-state index contributed by atoms with van der Waals surface area (Å²) < 4.78 is 26.8. The molecule has 168 valence electrons. The standard InChI is InChI=1S/C21H23N5O5S/c1-11(2)14-9-15(18(28)10-17(14)27)20-23-24-21(19(22)29)26(20)13-4-5-16-12(8-13)6-7-25(16)32(3,30)31/h4-5,8-11,27-28H,6-7H2,1-3H3,(H2,22,29). The maximum atomic E-state index is 12.1. The Kier molecular flexibility index (Phi) is 5.08. The number of carbonyl (C=O) groups excluding carboxylic acids is 1. The summed E-state index contributed by atoms with van der Waals surface area (Å²) in [6.07, 6.45) is 1.65. The first-order valence-corrected chi connectivity index (χ1v) is 11.8. The fraction of sp³-hybridized carbons (Fsp3) is 0.286. The van der Waals surface area contributed by atoms with Crippen LogP contribution in [0.25, 0.3) is 17.1 Å². The van der Waals surface area contributed by atoms with Crippen LogP contribution in [0.4, 0.5) is 5.69 Å². The zero-order chi connectivity index (χ0) is 23.4. The molecule has 32 heavy (non-hydrogen) atoms. The molecule has 0 bridgehead atoms. The molecule has 1 aliphatic heterocycles. The van der Waals surface area contributed by atoms with Crippen LogP contribution in [-0.4, -0.2) is 52.1 Å². The first kappa shape index (κ1) is 21.6. The maximum Gasteiger partial charge on any atom is 0.287 e. The fourth-order valence-corrected chi connectivity index (χ4v) is 4.90. The van der Waals surface area contributed by atoms with Crippen molar-refractivity contribution in [2.75, 3.05) is 17.1 Å². The lowest BCUT2D eigenvalue weighted by molar-refractivity contribution is 0.0988. The summed E-state index contributed by atoms with van der Waals surface area (Å²) >= 11 is 0.